The molecule has 1 aromatic carbocycles. The van der Waals surface area contributed by atoms with Crippen molar-refractivity contribution in [3.63, 3.8) is 0 Å². The predicted molar refractivity (Wildman–Crippen MR) is 90.7 cm³/mol. The molecule has 1 amide bonds. The summed E-state index contributed by atoms with van der Waals surface area (Å²) >= 11 is 0. The van der Waals surface area contributed by atoms with Crippen molar-refractivity contribution in [1.29, 1.82) is 0 Å². The highest BCUT2D eigenvalue weighted by molar-refractivity contribution is 5.68. The van der Waals surface area contributed by atoms with Gasteiger partial charge in [-0.15, -0.1) is 0 Å². The molecule has 1 fully saturated rings. The van der Waals surface area contributed by atoms with E-state index in [1.807, 2.05) is 42.5 Å². The van der Waals surface area contributed by atoms with Crippen LogP contribution in [0.4, 0.5) is 4.79 Å². The summed E-state index contributed by atoms with van der Waals surface area (Å²) in [7, 11) is 0. The van der Waals surface area contributed by atoms with Crippen molar-refractivity contribution in [3.8, 4) is 5.75 Å². The Balaban J connectivity index is 1.54. The van der Waals surface area contributed by atoms with Gasteiger partial charge in [-0.3, -0.25) is 4.98 Å². The minimum atomic E-state index is -0.265. The van der Waals surface area contributed by atoms with Crippen LogP contribution in [0.15, 0.2) is 54.9 Å². The van der Waals surface area contributed by atoms with Crippen LogP contribution in [0.3, 0.4) is 0 Å². The fourth-order valence-corrected chi connectivity index (χ4v) is 2.84. The first-order chi connectivity index (χ1) is 11.8. The van der Waals surface area contributed by atoms with Gasteiger partial charge in [0, 0.05) is 12.7 Å². The lowest BCUT2D eigenvalue weighted by Crippen LogP contribution is -2.46. The number of hydrogen-bond donors (Lipinski definition) is 0. The number of pyridine rings is 1. The Hall–Kier alpha value is -2.56. The summed E-state index contributed by atoms with van der Waals surface area (Å²) < 4.78 is 11.2. The topological polar surface area (TPSA) is 51.7 Å². The van der Waals surface area contributed by atoms with Gasteiger partial charge in [0.05, 0.1) is 12.2 Å². The zero-order valence-electron chi connectivity index (χ0n) is 13.6. The third kappa shape index (κ3) is 4.47. The lowest BCUT2D eigenvalue weighted by molar-refractivity contribution is 0.0537. The monoisotopic (exact) mass is 326 g/mol. The largest absolute Gasteiger partial charge is 0.490 e. The third-order valence-electron chi connectivity index (χ3n) is 4.14. The molecule has 2 aromatic rings. The number of aromatic nitrogens is 1. The highest BCUT2D eigenvalue weighted by Crippen LogP contribution is 2.20. The first-order valence-corrected chi connectivity index (χ1v) is 8.33. The molecule has 1 unspecified atom stereocenters. The van der Waals surface area contributed by atoms with Crippen LogP contribution in [0.5, 0.6) is 5.75 Å². The maximum Gasteiger partial charge on any atom is 0.410 e. The molecule has 1 saturated heterocycles. The molecular formula is C19H22N2O3. The highest BCUT2D eigenvalue weighted by Gasteiger charge is 2.28. The maximum atomic E-state index is 12.4. The van der Waals surface area contributed by atoms with Gasteiger partial charge in [0.2, 0.25) is 0 Å². The fraction of sp³-hybridized carbons (Fsp3) is 0.368. The van der Waals surface area contributed by atoms with Gasteiger partial charge in [-0.05, 0) is 37.0 Å². The van der Waals surface area contributed by atoms with E-state index in [2.05, 4.69) is 4.98 Å². The molecule has 2 heterocycles. The zero-order chi connectivity index (χ0) is 16.6. The number of carbonyl (C=O) groups excluding carboxylic acids is 1. The van der Waals surface area contributed by atoms with Gasteiger partial charge in [0.25, 0.3) is 0 Å². The van der Waals surface area contributed by atoms with Crippen molar-refractivity contribution in [2.45, 2.75) is 31.9 Å². The van der Waals surface area contributed by atoms with Crippen molar-refractivity contribution in [1.82, 2.24) is 9.88 Å². The van der Waals surface area contributed by atoms with Gasteiger partial charge in [0.15, 0.2) is 0 Å². The summed E-state index contributed by atoms with van der Waals surface area (Å²) in [6, 6.07) is 13.5. The molecule has 0 aliphatic carbocycles. The van der Waals surface area contributed by atoms with Gasteiger partial charge >= 0.3 is 6.09 Å². The molecule has 5 heteroatoms. The number of benzene rings is 1. The molecule has 126 valence electrons. The quantitative estimate of drug-likeness (QED) is 0.841. The number of ether oxygens (including phenoxy) is 2. The molecule has 1 aromatic heterocycles. The van der Waals surface area contributed by atoms with E-state index in [9.17, 15) is 4.79 Å². The molecule has 24 heavy (non-hydrogen) atoms. The van der Waals surface area contributed by atoms with Crippen molar-refractivity contribution in [3.05, 3.63) is 60.4 Å². The van der Waals surface area contributed by atoms with E-state index in [1.54, 1.807) is 17.3 Å². The van der Waals surface area contributed by atoms with Crippen molar-refractivity contribution in [2.24, 2.45) is 0 Å². The first-order valence-electron chi connectivity index (χ1n) is 8.33. The number of likely N-dealkylation sites (tertiary alicyclic amines) is 1. The average Bonchev–Trinajstić information content (AvgIpc) is 2.66. The van der Waals surface area contributed by atoms with Crippen LogP contribution in [-0.4, -0.2) is 35.2 Å². The van der Waals surface area contributed by atoms with Crippen LogP contribution >= 0.6 is 0 Å². The molecule has 0 spiro atoms. The van der Waals surface area contributed by atoms with Crippen LogP contribution in [0.1, 0.15) is 24.8 Å². The zero-order valence-corrected chi connectivity index (χ0v) is 13.6. The van der Waals surface area contributed by atoms with E-state index in [1.165, 1.54) is 0 Å². The van der Waals surface area contributed by atoms with E-state index in [4.69, 9.17) is 9.47 Å². The molecule has 0 bridgehead atoms. The standard InChI is InChI=1S/C19H22N2O3/c22-19(24-14-16-7-2-1-3-8-16)21-12-5-4-9-17(21)15-23-18-10-6-11-20-13-18/h1-3,6-8,10-11,13,17H,4-5,9,12,14-15H2. The Bertz CT molecular complexity index is 634. The van der Waals surface area contributed by atoms with Crippen LogP contribution in [0.2, 0.25) is 0 Å². The number of rotatable bonds is 5. The Morgan fingerprint density at radius 3 is 2.83 bits per heavy atom. The van der Waals surface area contributed by atoms with Gasteiger partial charge < -0.3 is 14.4 Å². The van der Waals surface area contributed by atoms with Crippen LogP contribution < -0.4 is 4.74 Å². The second-order valence-electron chi connectivity index (χ2n) is 5.88. The van der Waals surface area contributed by atoms with Gasteiger partial charge in [-0.25, -0.2) is 4.79 Å². The molecule has 0 radical (unpaired) electrons. The highest BCUT2D eigenvalue weighted by atomic mass is 16.6. The summed E-state index contributed by atoms with van der Waals surface area (Å²) in [5, 5.41) is 0. The van der Waals surface area contributed by atoms with Crippen LogP contribution in [-0.2, 0) is 11.3 Å². The predicted octanol–water partition coefficient (Wildman–Crippen LogP) is 3.65. The number of hydrogen-bond acceptors (Lipinski definition) is 4. The second kappa shape index (κ2) is 8.34. The number of carbonyl (C=O) groups is 1. The Morgan fingerprint density at radius 1 is 1.17 bits per heavy atom. The maximum absolute atomic E-state index is 12.4. The minimum Gasteiger partial charge on any atom is -0.490 e. The number of amides is 1. The van der Waals surface area contributed by atoms with Crippen molar-refractivity contribution in [2.75, 3.05) is 13.2 Å². The Labute approximate surface area is 142 Å². The smallest absolute Gasteiger partial charge is 0.410 e. The normalized spacial score (nSPS) is 17.3. The summed E-state index contributed by atoms with van der Waals surface area (Å²) in [5.74, 6) is 0.723. The second-order valence-corrected chi connectivity index (χ2v) is 5.88. The average molecular weight is 326 g/mol. The Kier molecular flexibility index (Phi) is 5.66. The third-order valence-corrected chi connectivity index (χ3v) is 4.14. The van der Waals surface area contributed by atoms with Crippen LogP contribution in [0.25, 0.3) is 0 Å². The van der Waals surface area contributed by atoms with Crippen molar-refractivity contribution >= 4 is 6.09 Å². The molecule has 5 nitrogen and oxygen atoms in total. The van der Waals surface area contributed by atoms with E-state index < -0.39 is 0 Å². The lowest BCUT2D eigenvalue weighted by Gasteiger charge is -2.34. The molecule has 1 atom stereocenters. The van der Waals surface area contributed by atoms with E-state index >= 15 is 0 Å². The summed E-state index contributed by atoms with van der Waals surface area (Å²) in [5.41, 5.74) is 0.992. The summed E-state index contributed by atoms with van der Waals surface area (Å²) in [6.07, 6.45) is 6.16. The number of piperidine rings is 1. The first kappa shape index (κ1) is 16.3. The molecule has 3 rings (SSSR count). The SMILES string of the molecule is O=C(OCc1ccccc1)N1CCCCC1COc1cccnc1. The Morgan fingerprint density at radius 2 is 2.04 bits per heavy atom. The fourth-order valence-electron chi connectivity index (χ4n) is 2.84. The lowest BCUT2D eigenvalue weighted by atomic mass is 10.0. The summed E-state index contributed by atoms with van der Waals surface area (Å²) in [6.45, 7) is 1.48. The van der Waals surface area contributed by atoms with E-state index in [0.717, 1.165) is 30.6 Å². The van der Waals surface area contributed by atoms with Gasteiger partial charge in [-0.2, -0.15) is 0 Å². The van der Waals surface area contributed by atoms with E-state index in [0.29, 0.717) is 19.8 Å². The molecular weight excluding hydrogens is 304 g/mol. The minimum absolute atomic E-state index is 0.0437. The van der Waals surface area contributed by atoms with E-state index in [-0.39, 0.29) is 12.1 Å². The van der Waals surface area contributed by atoms with Crippen molar-refractivity contribution < 1.29 is 14.3 Å². The van der Waals surface area contributed by atoms with Crippen LogP contribution in [0, 0.1) is 0 Å². The molecule has 0 N–H and O–H groups in total. The van der Waals surface area contributed by atoms with Gasteiger partial charge in [0.1, 0.15) is 19.0 Å². The summed E-state index contributed by atoms with van der Waals surface area (Å²) in [4.78, 5) is 18.3. The molecule has 1 aliphatic rings. The molecule has 0 saturated carbocycles. The number of nitrogens with zero attached hydrogens (tertiary/aromatic N) is 2. The molecule has 1 aliphatic heterocycles. The van der Waals surface area contributed by atoms with Gasteiger partial charge in [-0.1, -0.05) is 30.3 Å².